The Balaban J connectivity index is 1.29. The van der Waals surface area contributed by atoms with E-state index in [1.165, 1.54) is 0 Å². The first kappa shape index (κ1) is 26.6. The molecule has 1 aromatic rings. The summed E-state index contributed by atoms with van der Waals surface area (Å²) < 4.78 is 50.6. The molecule has 1 aliphatic carbocycles. The number of fused-ring (bicyclic) bond motifs is 2. The number of aliphatic hydroxyl groups is 1. The van der Waals surface area contributed by atoms with Gasteiger partial charge >= 0.3 is 6.18 Å². The minimum absolute atomic E-state index is 0.0541. The third-order valence-electron chi connectivity index (χ3n) is 8.89. The third-order valence-corrected chi connectivity index (χ3v) is 8.89. The van der Waals surface area contributed by atoms with Crippen molar-refractivity contribution in [2.75, 3.05) is 38.3 Å². The molecule has 2 bridgehead atoms. The highest BCUT2D eigenvalue weighted by Gasteiger charge is 2.59. The highest BCUT2D eigenvalue weighted by molar-refractivity contribution is 5.85. The van der Waals surface area contributed by atoms with Crippen LogP contribution in [0.5, 0.6) is 0 Å². The van der Waals surface area contributed by atoms with E-state index in [0.29, 0.717) is 45.6 Å². The van der Waals surface area contributed by atoms with Crippen molar-refractivity contribution in [3.63, 3.8) is 0 Å². The summed E-state index contributed by atoms with van der Waals surface area (Å²) in [5.74, 6) is 0.166. The quantitative estimate of drug-likeness (QED) is 0.580. The summed E-state index contributed by atoms with van der Waals surface area (Å²) in [4.78, 5) is 25.2. The second-order valence-electron chi connectivity index (χ2n) is 11.4. The van der Waals surface area contributed by atoms with Crippen molar-refractivity contribution in [1.82, 2.24) is 20.2 Å². The summed E-state index contributed by atoms with van der Waals surface area (Å²) in [5.41, 5.74) is -3.14. The number of nitrogens with zero attached hydrogens (tertiary/aromatic N) is 4. The van der Waals surface area contributed by atoms with Gasteiger partial charge in [0.1, 0.15) is 17.8 Å². The molecule has 206 valence electrons. The number of carbonyl (C=O) groups excluding carboxylic acids is 1. The van der Waals surface area contributed by atoms with Gasteiger partial charge in [-0.2, -0.15) is 13.2 Å². The first-order valence-corrected chi connectivity index (χ1v) is 13.0. The number of piperazine rings is 1. The Morgan fingerprint density at radius 1 is 1.24 bits per heavy atom. The van der Waals surface area contributed by atoms with Gasteiger partial charge in [-0.15, -0.1) is 0 Å². The Bertz CT molecular complexity index is 1010. The maximum atomic E-state index is 14.1. The fourth-order valence-corrected chi connectivity index (χ4v) is 6.77. The standard InChI is InChI=1S/C25H36F3N5O4/c1-23(2,35)24(6-4-15(10-24)31-18-5-7-37-13-19(18)36-3)22(34)33-12-16-8-17(33)11-32(16)21-9-20(25(26,27)28)29-14-30-21/h9,14-19,31,35H,4-8,10-13H2,1-3H3/t15-,16-,17-,18+,19-,24-/m1/s1. The number of aromatic nitrogens is 2. The summed E-state index contributed by atoms with van der Waals surface area (Å²) in [7, 11) is 1.67. The Kier molecular flexibility index (Phi) is 6.91. The van der Waals surface area contributed by atoms with E-state index in [0.717, 1.165) is 25.2 Å². The molecule has 4 aliphatic rings. The van der Waals surface area contributed by atoms with Crippen molar-refractivity contribution in [3.8, 4) is 0 Å². The maximum absolute atomic E-state index is 14.1. The van der Waals surface area contributed by atoms with Gasteiger partial charge in [0.2, 0.25) is 5.91 Å². The molecule has 0 radical (unpaired) electrons. The van der Waals surface area contributed by atoms with Gasteiger partial charge in [0, 0.05) is 45.0 Å². The molecule has 6 atom stereocenters. The average molecular weight is 528 g/mol. The first-order chi connectivity index (χ1) is 17.4. The lowest BCUT2D eigenvalue weighted by Crippen LogP contribution is -2.59. The minimum atomic E-state index is -4.54. The predicted molar refractivity (Wildman–Crippen MR) is 128 cm³/mol. The van der Waals surface area contributed by atoms with E-state index < -0.39 is 22.9 Å². The molecule has 12 heteroatoms. The number of hydrogen-bond acceptors (Lipinski definition) is 8. The summed E-state index contributed by atoms with van der Waals surface area (Å²) in [6, 6.07) is 0.906. The normalized spacial score (nSPS) is 34.4. The molecule has 1 aromatic heterocycles. The number of alkyl halides is 3. The zero-order chi connectivity index (χ0) is 26.6. The average Bonchev–Trinajstić information content (AvgIpc) is 3.58. The van der Waals surface area contributed by atoms with E-state index in [-0.39, 0.29) is 42.0 Å². The van der Waals surface area contributed by atoms with Crippen LogP contribution in [-0.4, -0.2) is 95.2 Å². The Morgan fingerprint density at radius 3 is 2.68 bits per heavy atom. The van der Waals surface area contributed by atoms with Crippen LogP contribution in [0, 0.1) is 5.41 Å². The van der Waals surface area contributed by atoms with Crippen molar-refractivity contribution >= 4 is 11.7 Å². The molecule has 9 nitrogen and oxygen atoms in total. The zero-order valence-electron chi connectivity index (χ0n) is 21.5. The number of nitrogens with one attached hydrogen (secondary N) is 1. The molecular formula is C25H36F3N5O4. The molecule has 1 amide bonds. The molecule has 4 fully saturated rings. The van der Waals surface area contributed by atoms with Gasteiger partial charge < -0.3 is 29.7 Å². The fraction of sp³-hybridized carbons (Fsp3) is 0.800. The highest BCUT2D eigenvalue weighted by atomic mass is 19.4. The molecule has 4 heterocycles. The Hall–Kier alpha value is -2.02. The van der Waals surface area contributed by atoms with Crippen LogP contribution in [0.4, 0.5) is 19.0 Å². The smallest absolute Gasteiger partial charge is 0.389 e. The molecule has 0 spiro atoms. The van der Waals surface area contributed by atoms with Crippen molar-refractivity contribution in [3.05, 3.63) is 18.1 Å². The Morgan fingerprint density at radius 2 is 2.03 bits per heavy atom. The summed E-state index contributed by atoms with van der Waals surface area (Å²) in [6.07, 6.45) is -0.331. The molecule has 1 saturated carbocycles. The van der Waals surface area contributed by atoms with E-state index in [4.69, 9.17) is 9.47 Å². The van der Waals surface area contributed by atoms with Crippen LogP contribution in [0.2, 0.25) is 0 Å². The predicted octanol–water partition coefficient (Wildman–Crippen LogP) is 1.99. The van der Waals surface area contributed by atoms with Gasteiger partial charge in [0.25, 0.3) is 0 Å². The second-order valence-corrected chi connectivity index (χ2v) is 11.4. The number of anilines is 1. The minimum Gasteiger partial charge on any atom is -0.389 e. The Labute approximate surface area is 214 Å². The lowest BCUT2D eigenvalue weighted by atomic mass is 9.70. The number of amides is 1. The van der Waals surface area contributed by atoms with Gasteiger partial charge in [-0.3, -0.25) is 4.79 Å². The van der Waals surface area contributed by atoms with Crippen molar-refractivity contribution in [1.29, 1.82) is 0 Å². The van der Waals surface area contributed by atoms with Crippen molar-refractivity contribution in [2.45, 2.75) is 88.0 Å². The molecule has 37 heavy (non-hydrogen) atoms. The lowest BCUT2D eigenvalue weighted by Gasteiger charge is -2.45. The van der Waals surface area contributed by atoms with Crippen LogP contribution < -0.4 is 10.2 Å². The van der Waals surface area contributed by atoms with Gasteiger partial charge in [-0.1, -0.05) is 0 Å². The van der Waals surface area contributed by atoms with Gasteiger partial charge in [0.15, 0.2) is 0 Å². The summed E-state index contributed by atoms with van der Waals surface area (Å²) in [5, 5.41) is 14.9. The molecule has 0 aromatic carbocycles. The molecule has 5 rings (SSSR count). The molecular weight excluding hydrogens is 491 g/mol. The number of carbonyl (C=O) groups is 1. The number of hydrogen-bond donors (Lipinski definition) is 2. The van der Waals surface area contributed by atoms with Gasteiger partial charge in [0.05, 0.1) is 35.8 Å². The summed E-state index contributed by atoms with van der Waals surface area (Å²) >= 11 is 0. The lowest BCUT2D eigenvalue weighted by molar-refractivity contribution is -0.159. The largest absolute Gasteiger partial charge is 0.433 e. The van der Waals surface area contributed by atoms with E-state index >= 15 is 0 Å². The fourth-order valence-electron chi connectivity index (χ4n) is 6.77. The molecule has 2 N–H and O–H groups in total. The van der Waals surface area contributed by atoms with Crippen LogP contribution >= 0.6 is 0 Å². The van der Waals surface area contributed by atoms with E-state index in [1.54, 1.807) is 21.0 Å². The SMILES string of the molecule is CO[C@@H]1COCC[C@@H]1N[C@@H]1CC[C@@](C(=O)N2C[C@H]3C[C@@H]2CN3c2cc(C(F)(F)F)ncn2)(C(C)(C)O)C1. The van der Waals surface area contributed by atoms with Gasteiger partial charge in [-0.05, 0) is 46.0 Å². The topological polar surface area (TPSA) is 100 Å². The van der Waals surface area contributed by atoms with E-state index in [9.17, 15) is 23.1 Å². The van der Waals surface area contributed by atoms with Crippen molar-refractivity contribution < 1.29 is 32.5 Å². The van der Waals surface area contributed by atoms with Gasteiger partial charge in [-0.25, -0.2) is 9.97 Å². The van der Waals surface area contributed by atoms with E-state index in [2.05, 4.69) is 15.3 Å². The monoisotopic (exact) mass is 527 g/mol. The van der Waals surface area contributed by atoms with Crippen LogP contribution in [0.3, 0.4) is 0 Å². The first-order valence-electron chi connectivity index (χ1n) is 13.0. The number of rotatable bonds is 6. The van der Waals surface area contributed by atoms with Crippen molar-refractivity contribution in [2.24, 2.45) is 5.41 Å². The van der Waals surface area contributed by atoms with Crippen LogP contribution in [0.15, 0.2) is 12.4 Å². The van der Waals surface area contributed by atoms with Crippen LogP contribution in [0.1, 0.15) is 51.6 Å². The second kappa shape index (κ2) is 9.62. The van der Waals surface area contributed by atoms with E-state index in [1.807, 2.05) is 9.80 Å². The molecule has 3 saturated heterocycles. The van der Waals surface area contributed by atoms with Crippen LogP contribution in [-0.2, 0) is 20.4 Å². The zero-order valence-corrected chi connectivity index (χ0v) is 21.5. The highest BCUT2D eigenvalue weighted by Crippen LogP contribution is 2.50. The number of halogens is 3. The number of likely N-dealkylation sites (tertiary alicyclic amines) is 1. The maximum Gasteiger partial charge on any atom is 0.433 e. The number of ether oxygens (including phenoxy) is 2. The van der Waals surface area contributed by atoms with Crippen LogP contribution in [0.25, 0.3) is 0 Å². The summed E-state index contributed by atoms with van der Waals surface area (Å²) in [6.45, 7) is 5.41. The third kappa shape index (κ3) is 4.81. The molecule has 0 unspecified atom stereocenters. The molecule has 3 aliphatic heterocycles. The number of methoxy groups -OCH3 is 1.